The molecule has 4 heteroatoms. The molecule has 206 valence electrons. The van der Waals surface area contributed by atoms with E-state index >= 15 is 0 Å². The van der Waals surface area contributed by atoms with Crippen molar-refractivity contribution in [3.8, 4) is 16.8 Å². The van der Waals surface area contributed by atoms with Crippen LogP contribution in [0.5, 0.6) is 0 Å². The Kier molecular flexibility index (Phi) is 6.32. The van der Waals surface area contributed by atoms with Crippen molar-refractivity contribution in [3.05, 3.63) is 174 Å². The van der Waals surface area contributed by atoms with Gasteiger partial charge in [-0.2, -0.15) is 0 Å². The molecule has 7 aromatic rings. The Bertz CT molecular complexity index is 2060. The molecule has 0 radical (unpaired) electrons. The number of hydrogen-bond donors (Lipinski definition) is 2. The van der Waals surface area contributed by atoms with Crippen LogP contribution in [0.15, 0.2) is 163 Å². The van der Waals surface area contributed by atoms with Crippen LogP contribution in [0.4, 0.5) is 0 Å². The highest BCUT2D eigenvalue weighted by atomic mass is 15.3. The van der Waals surface area contributed by atoms with E-state index < -0.39 is 0 Å². The first-order chi connectivity index (χ1) is 21.3. The van der Waals surface area contributed by atoms with Crippen LogP contribution in [0.2, 0.25) is 0 Å². The maximum atomic E-state index is 5.12. The van der Waals surface area contributed by atoms with Crippen molar-refractivity contribution >= 4 is 27.6 Å². The van der Waals surface area contributed by atoms with Gasteiger partial charge in [-0.15, -0.1) is 0 Å². The van der Waals surface area contributed by atoms with Gasteiger partial charge in [0.2, 0.25) is 0 Å². The minimum atomic E-state index is -0.154. The number of para-hydroxylation sites is 1. The van der Waals surface area contributed by atoms with Gasteiger partial charge in [0.05, 0.1) is 11.0 Å². The summed E-state index contributed by atoms with van der Waals surface area (Å²) in [6, 6.07) is 55.7. The molecule has 0 amide bonds. The summed E-state index contributed by atoms with van der Waals surface area (Å²) >= 11 is 0. The fourth-order valence-electron chi connectivity index (χ4n) is 6.16. The zero-order valence-electron chi connectivity index (χ0n) is 23.6. The van der Waals surface area contributed by atoms with E-state index in [9.17, 15) is 0 Å². The van der Waals surface area contributed by atoms with Crippen LogP contribution in [-0.4, -0.2) is 10.4 Å². The Morgan fingerprint density at radius 3 is 1.84 bits per heavy atom. The minimum Gasteiger partial charge on any atom is -0.350 e. The molecule has 0 aliphatic carbocycles. The van der Waals surface area contributed by atoms with E-state index in [4.69, 9.17) is 4.99 Å². The molecule has 0 fully saturated rings. The summed E-state index contributed by atoms with van der Waals surface area (Å²) in [5.74, 6) is 0.878. The second-order valence-corrected chi connectivity index (χ2v) is 10.9. The van der Waals surface area contributed by atoms with Gasteiger partial charge in [0.25, 0.3) is 0 Å². The van der Waals surface area contributed by atoms with E-state index in [2.05, 4.69) is 161 Å². The van der Waals surface area contributed by atoms with Gasteiger partial charge < -0.3 is 9.88 Å². The standard InChI is InChI=1S/C39H30N4/c1-4-12-27(13-5-1)31-22-25-36-34(26-31)33-18-10-11-19-35(33)43(36)32-23-20-30(21-24-32)39-41-37(28-14-6-2-7-15-28)40-38(42-39)29-16-8-3-9-17-29/h1-26,37-38,40H,(H,41,42). The lowest BCUT2D eigenvalue weighted by molar-refractivity contribution is 0.409. The molecule has 0 saturated carbocycles. The lowest BCUT2D eigenvalue weighted by Gasteiger charge is -2.32. The number of amidine groups is 1. The summed E-state index contributed by atoms with van der Waals surface area (Å²) < 4.78 is 2.36. The van der Waals surface area contributed by atoms with Gasteiger partial charge in [-0.25, -0.2) is 4.99 Å². The van der Waals surface area contributed by atoms with Crippen molar-refractivity contribution in [3.63, 3.8) is 0 Å². The maximum Gasteiger partial charge on any atom is 0.131 e. The summed E-state index contributed by atoms with van der Waals surface area (Å²) in [7, 11) is 0. The van der Waals surface area contributed by atoms with E-state index in [0.29, 0.717) is 0 Å². The molecule has 1 aromatic heterocycles. The summed E-state index contributed by atoms with van der Waals surface area (Å²) in [6.07, 6.45) is -0.215. The topological polar surface area (TPSA) is 41.4 Å². The SMILES string of the molecule is c1ccc(-c2ccc3c(c2)c2ccccc2n3-c2ccc(C3=NC(c4ccccc4)NC(c4ccccc4)N3)cc2)cc1. The summed E-state index contributed by atoms with van der Waals surface area (Å²) in [6.45, 7) is 0. The van der Waals surface area contributed by atoms with Gasteiger partial charge in [-0.3, -0.25) is 5.32 Å². The molecule has 2 heterocycles. The first kappa shape index (κ1) is 25.3. The number of nitrogens with one attached hydrogen (secondary N) is 2. The second-order valence-electron chi connectivity index (χ2n) is 10.9. The van der Waals surface area contributed by atoms with Gasteiger partial charge in [0.1, 0.15) is 18.2 Å². The molecule has 2 atom stereocenters. The Balaban J connectivity index is 1.19. The fourth-order valence-corrected chi connectivity index (χ4v) is 6.16. The van der Waals surface area contributed by atoms with Gasteiger partial charge in [-0.1, -0.05) is 115 Å². The van der Waals surface area contributed by atoms with Crippen molar-refractivity contribution in [1.29, 1.82) is 0 Å². The van der Waals surface area contributed by atoms with Crippen LogP contribution in [0, 0.1) is 0 Å². The highest BCUT2D eigenvalue weighted by molar-refractivity contribution is 6.10. The molecule has 2 unspecified atom stereocenters. The Morgan fingerprint density at radius 2 is 1.09 bits per heavy atom. The minimum absolute atomic E-state index is 0.0604. The third kappa shape index (κ3) is 4.68. The number of aromatic nitrogens is 1. The van der Waals surface area contributed by atoms with Crippen molar-refractivity contribution in [1.82, 2.24) is 15.2 Å². The van der Waals surface area contributed by atoms with Crippen LogP contribution in [0.1, 0.15) is 29.0 Å². The van der Waals surface area contributed by atoms with E-state index in [-0.39, 0.29) is 12.3 Å². The molecule has 1 aliphatic heterocycles. The van der Waals surface area contributed by atoms with Gasteiger partial charge in [0, 0.05) is 22.0 Å². The number of fused-ring (bicyclic) bond motifs is 3. The summed E-state index contributed by atoms with van der Waals surface area (Å²) in [5.41, 5.74) is 9.33. The van der Waals surface area contributed by atoms with Crippen molar-refractivity contribution in [2.24, 2.45) is 4.99 Å². The number of hydrogen-bond acceptors (Lipinski definition) is 3. The van der Waals surface area contributed by atoms with Gasteiger partial charge in [0.15, 0.2) is 0 Å². The van der Waals surface area contributed by atoms with Crippen molar-refractivity contribution in [2.45, 2.75) is 12.3 Å². The highest BCUT2D eigenvalue weighted by Crippen LogP contribution is 2.35. The quantitative estimate of drug-likeness (QED) is 0.223. The Morgan fingerprint density at radius 1 is 0.488 bits per heavy atom. The number of nitrogens with zero attached hydrogens (tertiary/aromatic N) is 2. The molecule has 1 aliphatic rings. The van der Waals surface area contributed by atoms with Gasteiger partial charge >= 0.3 is 0 Å². The van der Waals surface area contributed by atoms with Gasteiger partial charge in [-0.05, 0) is 64.7 Å². The molecule has 0 saturated heterocycles. The van der Waals surface area contributed by atoms with E-state index in [1.54, 1.807) is 0 Å². The highest BCUT2D eigenvalue weighted by Gasteiger charge is 2.25. The first-order valence-corrected chi connectivity index (χ1v) is 14.7. The van der Waals surface area contributed by atoms with Crippen LogP contribution in [0.25, 0.3) is 38.6 Å². The number of aliphatic imine (C=N–C) groups is 1. The van der Waals surface area contributed by atoms with Crippen molar-refractivity contribution < 1.29 is 0 Å². The molecule has 2 N–H and O–H groups in total. The summed E-state index contributed by atoms with van der Waals surface area (Å²) in [5, 5.41) is 9.83. The lowest BCUT2D eigenvalue weighted by Crippen LogP contribution is -2.44. The summed E-state index contributed by atoms with van der Waals surface area (Å²) in [4.78, 5) is 5.12. The van der Waals surface area contributed by atoms with E-state index in [0.717, 1.165) is 22.6 Å². The average molecular weight is 555 g/mol. The Hall–Kier alpha value is -5.45. The molecular formula is C39H30N4. The molecule has 0 spiro atoms. The maximum absolute atomic E-state index is 5.12. The van der Waals surface area contributed by atoms with Crippen LogP contribution in [-0.2, 0) is 0 Å². The molecule has 0 bridgehead atoms. The normalized spacial score (nSPS) is 16.6. The fraction of sp³-hybridized carbons (Fsp3) is 0.0513. The molecule has 8 rings (SSSR count). The average Bonchev–Trinajstić information content (AvgIpc) is 3.43. The van der Waals surface area contributed by atoms with Crippen LogP contribution < -0.4 is 10.6 Å². The number of rotatable bonds is 5. The van der Waals surface area contributed by atoms with Crippen LogP contribution >= 0.6 is 0 Å². The monoisotopic (exact) mass is 554 g/mol. The molecule has 4 nitrogen and oxygen atoms in total. The molecular weight excluding hydrogens is 524 g/mol. The Labute approximate surface area is 251 Å². The predicted octanol–water partition coefficient (Wildman–Crippen LogP) is 8.79. The van der Waals surface area contributed by atoms with E-state index in [1.165, 1.54) is 38.5 Å². The zero-order chi connectivity index (χ0) is 28.6. The molecule has 6 aromatic carbocycles. The number of benzene rings is 6. The molecule has 43 heavy (non-hydrogen) atoms. The first-order valence-electron chi connectivity index (χ1n) is 14.7. The van der Waals surface area contributed by atoms with E-state index in [1.807, 2.05) is 12.1 Å². The third-order valence-corrected chi connectivity index (χ3v) is 8.29. The lowest BCUT2D eigenvalue weighted by atomic mass is 10.0. The second kappa shape index (κ2) is 10.8. The van der Waals surface area contributed by atoms with Crippen LogP contribution in [0.3, 0.4) is 0 Å². The smallest absolute Gasteiger partial charge is 0.131 e. The predicted molar refractivity (Wildman–Crippen MR) is 177 cm³/mol. The van der Waals surface area contributed by atoms with Crippen molar-refractivity contribution in [2.75, 3.05) is 0 Å². The zero-order valence-corrected chi connectivity index (χ0v) is 23.6. The largest absolute Gasteiger partial charge is 0.350 e. The third-order valence-electron chi connectivity index (χ3n) is 8.29.